The summed E-state index contributed by atoms with van der Waals surface area (Å²) in [4.78, 5) is 11.0. The lowest BCUT2D eigenvalue weighted by Gasteiger charge is -2.09. The van der Waals surface area contributed by atoms with Gasteiger partial charge in [0.25, 0.3) is 0 Å². The van der Waals surface area contributed by atoms with Crippen LogP contribution in [0.15, 0.2) is 53.1 Å². The highest BCUT2D eigenvalue weighted by Gasteiger charge is 2.13. The van der Waals surface area contributed by atoms with Crippen molar-refractivity contribution in [2.45, 2.75) is 6.61 Å². The van der Waals surface area contributed by atoms with Crippen LogP contribution in [0.4, 0.5) is 0 Å². The zero-order valence-corrected chi connectivity index (χ0v) is 11.5. The van der Waals surface area contributed by atoms with Gasteiger partial charge in [0.05, 0.1) is 18.1 Å². The molecule has 0 aliphatic heterocycles. The topological polar surface area (TPSA) is 48.7 Å². The minimum absolute atomic E-state index is 0.455. The van der Waals surface area contributed by atoms with Gasteiger partial charge in [0.2, 0.25) is 0 Å². The van der Waals surface area contributed by atoms with Gasteiger partial charge in [0.15, 0.2) is 6.29 Å². The van der Waals surface area contributed by atoms with Gasteiger partial charge < -0.3 is 13.9 Å². The number of benzene rings is 2. The van der Waals surface area contributed by atoms with Gasteiger partial charge in [0, 0.05) is 12.1 Å². The van der Waals surface area contributed by atoms with Crippen molar-refractivity contribution in [3.63, 3.8) is 0 Å². The molecule has 0 spiro atoms. The van der Waals surface area contributed by atoms with Crippen molar-refractivity contribution in [1.82, 2.24) is 0 Å². The van der Waals surface area contributed by atoms with Crippen LogP contribution in [0.25, 0.3) is 11.0 Å². The summed E-state index contributed by atoms with van der Waals surface area (Å²) in [6.45, 7) is 0.455. The van der Waals surface area contributed by atoms with Gasteiger partial charge in [-0.3, -0.25) is 4.79 Å². The Morgan fingerprint density at radius 1 is 1.19 bits per heavy atom. The molecule has 0 atom stereocenters. The summed E-state index contributed by atoms with van der Waals surface area (Å²) in [5, 5.41) is 0.666. The summed E-state index contributed by atoms with van der Waals surface area (Å²) >= 11 is 0. The summed E-state index contributed by atoms with van der Waals surface area (Å²) in [6.07, 6.45) is 2.17. The Morgan fingerprint density at radius 2 is 2.00 bits per heavy atom. The van der Waals surface area contributed by atoms with E-state index in [-0.39, 0.29) is 0 Å². The summed E-state index contributed by atoms with van der Waals surface area (Å²) < 4.78 is 16.5. The molecule has 0 N–H and O–H groups in total. The van der Waals surface area contributed by atoms with E-state index in [9.17, 15) is 4.79 Å². The van der Waals surface area contributed by atoms with Crippen molar-refractivity contribution in [3.8, 4) is 11.5 Å². The number of carbonyl (C=O) groups excluding carboxylic acids is 1. The normalized spacial score (nSPS) is 10.5. The standard InChI is InChI=1S/C17H14O4/c1-19-15-7-14(20-10-12-5-3-2-4-6-12)8-16-17(15)13(9-18)11-21-16/h2-9,11H,10H2,1H3. The van der Waals surface area contributed by atoms with E-state index in [2.05, 4.69) is 0 Å². The van der Waals surface area contributed by atoms with Crippen LogP contribution in [0, 0.1) is 0 Å². The van der Waals surface area contributed by atoms with E-state index >= 15 is 0 Å². The molecule has 0 aliphatic rings. The van der Waals surface area contributed by atoms with E-state index in [1.807, 2.05) is 30.3 Å². The molecular weight excluding hydrogens is 268 g/mol. The fraction of sp³-hybridized carbons (Fsp3) is 0.118. The number of fused-ring (bicyclic) bond motifs is 1. The second-order valence-electron chi connectivity index (χ2n) is 4.58. The van der Waals surface area contributed by atoms with Gasteiger partial charge in [-0.25, -0.2) is 0 Å². The second-order valence-corrected chi connectivity index (χ2v) is 4.58. The Morgan fingerprint density at radius 3 is 2.71 bits per heavy atom. The van der Waals surface area contributed by atoms with Crippen molar-refractivity contribution in [3.05, 3.63) is 59.9 Å². The van der Waals surface area contributed by atoms with Gasteiger partial charge >= 0.3 is 0 Å². The SMILES string of the molecule is COc1cc(OCc2ccccc2)cc2occ(C=O)c12. The van der Waals surface area contributed by atoms with E-state index in [1.165, 1.54) is 6.26 Å². The van der Waals surface area contributed by atoms with Gasteiger partial charge in [0.1, 0.15) is 30.0 Å². The van der Waals surface area contributed by atoms with Crippen molar-refractivity contribution in [1.29, 1.82) is 0 Å². The maximum atomic E-state index is 11.0. The first-order valence-corrected chi connectivity index (χ1v) is 6.53. The number of furan rings is 1. The Labute approximate surface area is 121 Å². The molecule has 4 heteroatoms. The predicted octanol–water partition coefficient (Wildman–Crippen LogP) is 3.83. The molecule has 21 heavy (non-hydrogen) atoms. The smallest absolute Gasteiger partial charge is 0.154 e. The average molecular weight is 282 g/mol. The van der Waals surface area contributed by atoms with Crippen LogP contribution in [-0.4, -0.2) is 13.4 Å². The molecule has 0 saturated carbocycles. The molecule has 4 nitrogen and oxygen atoms in total. The quantitative estimate of drug-likeness (QED) is 0.667. The predicted molar refractivity (Wildman–Crippen MR) is 78.9 cm³/mol. The number of ether oxygens (including phenoxy) is 2. The molecule has 3 aromatic rings. The van der Waals surface area contributed by atoms with Crippen LogP contribution in [0.1, 0.15) is 15.9 Å². The first-order chi connectivity index (χ1) is 10.3. The van der Waals surface area contributed by atoms with Crippen LogP contribution in [-0.2, 0) is 6.61 Å². The number of aldehydes is 1. The van der Waals surface area contributed by atoms with Gasteiger partial charge in [-0.15, -0.1) is 0 Å². The van der Waals surface area contributed by atoms with Crippen LogP contribution in [0.3, 0.4) is 0 Å². The third-order valence-electron chi connectivity index (χ3n) is 3.24. The highest BCUT2D eigenvalue weighted by atomic mass is 16.5. The Bertz CT molecular complexity index is 759. The number of rotatable bonds is 5. The van der Waals surface area contributed by atoms with Crippen LogP contribution < -0.4 is 9.47 Å². The maximum absolute atomic E-state index is 11.0. The Kier molecular flexibility index (Phi) is 3.60. The van der Waals surface area contributed by atoms with E-state index < -0.39 is 0 Å². The van der Waals surface area contributed by atoms with Crippen LogP contribution in [0.2, 0.25) is 0 Å². The average Bonchev–Trinajstić information content (AvgIpc) is 2.96. The van der Waals surface area contributed by atoms with E-state index in [4.69, 9.17) is 13.9 Å². The van der Waals surface area contributed by atoms with Crippen molar-refractivity contribution < 1.29 is 18.7 Å². The van der Waals surface area contributed by atoms with Crippen LogP contribution >= 0.6 is 0 Å². The third kappa shape index (κ3) is 2.60. The molecule has 0 fully saturated rings. The van der Waals surface area contributed by atoms with E-state index in [0.717, 1.165) is 11.8 Å². The number of carbonyl (C=O) groups is 1. The fourth-order valence-electron chi connectivity index (χ4n) is 2.20. The molecule has 0 amide bonds. The number of hydrogen-bond donors (Lipinski definition) is 0. The van der Waals surface area contributed by atoms with E-state index in [1.54, 1.807) is 19.2 Å². The van der Waals surface area contributed by atoms with Gasteiger partial charge in [-0.1, -0.05) is 30.3 Å². The van der Waals surface area contributed by atoms with Crippen molar-refractivity contribution >= 4 is 17.3 Å². The molecule has 0 unspecified atom stereocenters. The monoisotopic (exact) mass is 282 g/mol. The highest BCUT2D eigenvalue weighted by Crippen LogP contribution is 2.34. The summed E-state index contributed by atoms with van der Waals surface area (Å²) in [6, 6.07) is 13.4. The Balaban J connectivity index is 1.91. The summed E-state index contributed by atoms with van der Waals surface area (Å²) in [5.41, 5.74) is 2.11. The Hall–Kier alpha value is -2.75. The second kappa shape index (κ2) is 5.71. The molecule has 0 bridgehead atoms. The summed E-state index contributed by atoms with van der Waals surface area (Å²) in [5.74, 6) is 1.20. The summed E-state index contributed by atoms with van der Waals surface area (Å²) in [7, 11) is 1.55. The highest BCUT2D eigenvalue weighted by molar-refractivity contribution is 6.00. The zero-order valence-electron chi connectivity index (χ0n) is 11.5. The van der Waals surface area contributed by atoms with Gasteiger partial charge in [-0.2, -0.15) is 0 Å². The molecule has 1 aromatic heterocycles. The molecule has 3 rings (SSSR count). The number of methoxy groups -OCH3 is 1. The molecule has 106 valence electrons. The maximum Gasteiger partial charge on any atom is 0.154 e. The fourth-order valence-corrected chi connectivity index (χ4v) is 2.20. The van der Waals surface area contributed by atoms with Crippen LogP contribution in [0.5, 0.6) is 11.5 Å². The zero-order chi connectivity index (χ0) is 14.7. The van der Waals surface area contributed by atoms with E-state index in [0.29, 0.717) is 34.6 Å². The lowest BCUT2D eigenvalue weighted by Crippen LogP contribution is -1.96. The minimum atomic E-state index is 0.455. The molecular formula is C17H14O4. The van der Waals surface area contributed by atoms with Crippen molar-refractivity contribution in [2.24, 2.45) is 0 Å². The van der Waals surface area contributed by atoms with Gasteiger partial charge in [-0.05, 0) is 5.56 Å². The number of hydrogen-bond acceptors (Lipinski definition) is 4. The van der Waals surface area contributed by atoms with Crippen molar-refractivity contribution in [2.75, 3.05) is 7.11 Å². The molecule has 0 aliphatic carbocycles. The lowest BCUT2D eigenvalue weighted by molar-refractivity contribution is 0.112. The minimum Gasteiger partial charge on any atom is -0.496 e. The molecule has 1 heterocycles. The molecule has 2 aromatic carbocycles. The largest absolute Gasteiger partial charge is 0.496 e. The molecule has 0 radical (unpaired) electrons. The third-order valence-corrected chi connectivity index (χ3v) is 3.24. The first kappa shape index (κ1) is 13.2. The molecule has 0 saturated heterocycles. The first-order valence-electron chi connectivity index (χ1n) is 6.53. The lowest BCUT2D eigenvalue weighted by atomic mass is 10.1.